The van der Waals surface area contributed by atoms with Crippen molar-refractivity contribution < 1.29 is 9.90 Å². The molecule has 4 rings (SSSR count). The lowest BCUT2D eigenvalue weighted by molar-refractivity contribution is -0.136. The third-order valence-corrected chi connectivity index (χ3v) is 6.07. The number of hydrogen-bond acceptors (Lipinski definition) is 3. The third-order valence-electron chi connectivity index (χ3n) is 5.70. The van der Waals surface area contributed by atoms with Crippen LogP contribution >= 0.6 is 11.6 Å². The average Bonchev–Trinajstić information content (AvgIpc) is 3.17. The van der Waals surface area contributed by atoms with E-state index < -0.39 is 5.97 Å². The first-order valence-corrected chi connectivity index (χ1v) is 10.4. The minimum Gasteiger partial charge on any atom is -0.481 e. The van der Waals surface area contributed by atoms with E-state index in [4.69, 9.17) is 16.7 Å². The molecule has 3 aromatic carbocycles. The Bertz CT molecular complexity index is 1030. The van der Waals surface area contributed by atoms with Gasteiger partial charge >= 0.3 is 5.97 Å². The summed E-state index contributed by atoms with van der Waals surface area (Å²) in [6.07, 6.45) is 0.992. The number of carboxylic acid groups (broad SMARTS) is 1. The fraction of sp³-hybridized carbons (Fsp3) is 0.292. The first kappa shape index (κ1) is 19.7. The summed E-state index contributed by atoms with van der Waals surface area (Å²) in [4.78, 5) is 13.4. The molecule has 1 aliphatic rings. The number of carbonyl (C=O) groups is 1. The number of benzene rings is 3. The lowest BCUT2D eigenvalue weighted by atomic mass is 9.99. The number of nitrogens with zero attached hydrogens (tertiary/aromatic N) is 1. The SMILES string of the molecule is C[C@@H](N[C@H]1CCN(c2ccc(Cl)c(CC(=O)O)c2)C1)c1cccc2ccccc12. The molecule has 1 saturated heterocycles. The Hall–Kier alpha value is -2.56. The van der Waals surface area contributed by atoms with Gasteiger partial charge < -0.3 is 15.3 Å². The maximum atomic E-state index is 11.1. The molecule has 0 bridgehead atoms. The number of anilines is 1. The summed E-state index contributed by atoms with van der Waals surface area (Å²) in [6, 6.07) is 21.3. The van der Waals surface area contributed by atoms with Crippen molar-refractivity contribution in [1.29, 1.82) is 0 Å². The lowest BCUT2D eigenvalue weighted by Gasteiger charge is -2.23. The van der Waals surface area contributed by atoms with Crippen LogP contribution < -0.4 is 10.2 Å². The molecule has 0 amide bonds. The molecule has 1 heterocycles. The summed E-state index contributed by atoms with van der Waals surface area (Å²) in [7, 11) is 0. The van der Waals surface area contributed by atoms with Gasteiger partial charge in [-0.3, -0.25) is 4.79 Å². The van der Waals surface area contributed by atoms with Crippen molar-refractivity contribution in [3.8, 4) is 0 Å². The Balaban J connectivity index is 1.46. The van der Waals surface area contributed by atoms with E-state index in [0.717, 1.165) is 25.2 Å². The molecule has 4 nitrogen and oxygen atoms in total. The van der Waals surface area contributed by atoms with Crippen LogP contribution in [0, 0.1) is 0 Å². The number of fused-ring (bicyclic) bond motifs is 1. The van der Waals surface area contributed by atoms with Crippen molar-refractivity contribution >= 4 is 34.0 Å². The van der Waals surface area contributed by atoms with Gasteiger partial charge in [-0.1, -0.05) is 54.1 Å². The summed E-state index contributed by atoms with van der Waals surface area (Å²) in [5.41, 5.74) is 3.02. The van der Waals surface area contributed by atoms with E-state index in [9.17, 15) is 4.79 Å². The molecule has 0 saturated carbocycles. The van der Waals surface area contributed by atoms with Gasteiger partial charge in [0.05, 0.1) is 6.42 Å². The molecule has 0 radical (unpaired) electrons. The number of hydrogen-bond donors (Lipinski definition) is 2. The fourth-order valence-corrected chi connectivity index (χ4v) is 4.44. The molecule has 0 aromatic heterocycles. The zero-order valence-corrected chi connectivity index (χ0v) is 17.2. The quantitative estimate of drug-likeness (QED) is 0.599. The van der Waals surface area contributed by atoms with Crippen LogP contribution in [-0.4, -0.2) is 30.2 Å². The molecular formula is C24H25ClN2O2. The van der Waals surface area contributed by atoms with Crippen LogP contribution in [0.1, 0.15) is 30.5 Å². The summed E-state index contributed by atoms with van der Waals surface area (Å²) < 4.78 is 0. The molecule has 1 fully saturated rings. The predicted octanol–water partition coefficient (Wildman–Crippen LogP) is 5.05. The van der Waals surface area contributed by atoms with Crippen molar-refractivity contribution in [1.82, 2.24) is 5.32 Å². The van der Waals surface area contributed by atoms with E-state index in [-0.39, 0.29) is 12.5 Å². The summed E-state index contributed by atoms with van der Waals surface area (Å²) in [5.74, 6) is -0.867. The highest BCUT2D eigenvalue weighted by Crippen LogP contribution is 2.29. The molecular weight excluding hydrogens is 384 g/mol. The highest BCUT2D eigenvalue weighted by molar-refractivity contribution is 6.31. The van der Waals surface area contributed by atoms with E-state index in [1.807, 2.05) is 12.1 Å². The molecule has 29 heavy (non-hydrogen) atoms. The topological polar surface area (TPSA) is 52.6 Å². The van der Waals surface area contributed by atoms with E-state index >= 15 is 0 Å². The normalized spacial score (nSPS) is 17.6. The number of halogens is 1. The van der Waals surface area contributed by atoms with Gasteiger partial charge in [-0.05, 0) is 53.4 Å². The van der Waals surface area contributed by atoms with E-state index in [1.165, 1.54) is 16.3 Å². The largest absolute Gasteiger partial charge is 0.481 e. The number of aliphatic carboxylic acids is 1. The molecule has 3 aromatic rings. The number of nitrogens with one attached hydrogen (secondary N) is 1. The Morgan fingerprint density at radius 3 is 2.83 bits per heavy atom. The van der Waals surface area contributed by atoms with E-state index in [1.54, 1.807) is 6.07 Å². The second kappa shape index (κ2) is 8.44. The molecule has 0 spiro atoms. The predicted molar refractivity (Wildman–Crippen MR) is 119 cm³/mol. The molecule has 0 aliphatic carbocycles. The van der Waals surface area contributed by atoms with Gasteiger partial charge in [0.1, 0.15) is 0 Å². The van der Waals surface area contributed by atoms with Crippen LogP contribution in [0.25, 0.3) is 10.8 Å². The first-order chi connectivity index (χ1) is 14.0. The average molecular weight is 409 g/mol. The first-order valence-electron chi connectivity index (χ1n) is 10.00. The van der Waals surface area contributed by atoms with Crippen molar-refractivity contribution in [3.63, 3.8) is 0 Å². The highest BCUT2D eigenvalue weighted by atomic mass is 35.5. The molecule has 2 N–H and O–H groups in total. The van der Waals surface area contributed by atoms with Crippen LogP contribution in [0.4, 0.5) is 5.69 Å². The maximum Gasteiger partial charge on any atom is 0.307 e. The molecule has 0 unspecified atom stereocenters. The summed E-state index contributed by atoms with van der Waals surface area (Å²) in [5, 5.41) is 15.9. The monoisotopic (exact) mass is 408 g/mol. The highest BCUT2D eigenvalue weighted by Gasteiger charge is 2.25. The minimum atomic E-state index is -0.867. The summed E-state index contributed by atoms with van der Waals surface area (Å²) in [6.45, 7) is 4.05. The zero-order valence-electron chi connectivity index (χ0n) is 16.4. The Labute approximate surface area is 176 Å². The zero-order chi connectivity index (χ0) is 20.4. The van der Waals surface area contributed by atoms with Crippen molar-refractivity contribution in [2.45, 2.75) is 31.8 Å². The smallest absolute Gasteiger partial charge is 0.307 e. The molecule has 1 aliphatic heterocycles. The van der Waals surface area contributed by atoms with Crippen LogP contribution in [0.15, 0.2) is 60.7 Å². The molecule has 150 valence electrons. The van der Waals surface area contributed by atoms with Crippen LogP contribution in [0.5, 0.6) is 0 Å². The van der Waals surface area contributed by atoms with Gasteiger partial charge in [0.15, 0.2) is 0 Å². The van der Waals surface area contributed by atoms with Gasteiger partial charge in [-0.25, -0.2) is 0 Å². The van der Waals surface area contributed by atoms with E-state index in [0.29, 0.717) is 16.6 Å². The van der Waals surface area contributed by atoms with Gasteiger partial charge in [0, 0.05) is 35.9 Å². The standard InChI is InChI=1S/C24H25ClN2O2/c1-16(21-8-4-6-17-5-2-3-7-22(17)21)26-19-11-12-27(15-19)20-9-10-23(25)18(13-20)14-24(28)29/h2-10,13,16,19,26H,11-12,14-15H2,1H3,(H,28,29)/t16-,19+/m1/s1. The second-order valence-corrected chi connectivity index (χ2v) is 8.14. The van der Waals surface area contributed by atoms with Gasteiger partial charge in [0.25, 0.3) is 0 Å². The number of carboxylic acids is 1. The second-order valence-electron chi connectivity index (χ2n) is 7.73. The molecule has 2 atom stereocenters. The summed E-state index contributed by atoms with van der Waals surface area (Å²) >= 11 is 6.17. The van der Waals surface area contributed by atoms with Gasteiger partial charge in [-0.15, -0.1) is 0 Å². The number of rotatable bonds is 6. The minimum absolute atomic E-state index is 0.0553. The Morgan fingerprint density at radius 2 is 2.00 bits per heavy atom. The van der Waals surface area contributed by atoms with Crippen molar-refractivity contribution in [3.05, 3.63) is 76.8 Å². The Morgan fingerprint density at radius 1 is 1.21 bits per heavy atom. The lowest BCUT2D eigenvalue weighted by Crippen LogP contribution is -2.34. The fourth-order valence-electron chi connectivity index (χ4n) is 4.26. The van der Waals surface area contributed by atoms with Crippen molar-refractivity contribution in [2.24, 2.45) is 0 Å². The van der Waals surface area contributed by atoms with Crippen LogP contribution in [-0.2, 0) is 11.2 Å². The van der Waals surface area contributed by atoms with Crippen molar-refractivity contribution in [2.75, 3.05) is 18.0 Å². The van der Waals surface area contributed by atoms with Crippen LogP contribution in [0.3, 0.4) is 0 Å². The van der Waals surface area contributed by atoms with Gasteiger partial charge in [0.2, 0.25) is 0 Å². The Kier molecular flexibility index (Phi) is 5.74. The maximum absolute atomic E-state index is 11.1. The third kappa shape index (κ3) is 4.39. The van der Waals surface area contributed by atoms with Gasteiger partial charge in [-0.2, -0.15) is 0 Å². The van der Waals surface area contributed by atoms with Crippen LogP contribution in [0.2, 0.25) is 5.02 Å². The molecule has 5 heteroatoms. The van der Waals surface area contributed by atoms with E-state index in [2.05, 4.69) is 59.6 Å².